The molecule has 154 valence electrons. The van der Waals surface area contributed by atoms with E-state index in [1.54, 1.807) is 18.2 Å². The number of anilines is 1. The van der Waals surface area contributed by atoms with Gasteiger partial charge in [-0.15, -0.1) is 0 Å². The number of benzene rings is 1. The van der Waals surface area contributed by atoms with E-state index in [-0.39, 0.29) is 18.2 Å². The number of alkyl halides is 2. The number of nitrogens with zero attached hydrogens (tertiary/aromatic N) is 3. The van der Waals surface area contributed by atoms with Gasteiger partial charge in [-0.05, 0) is 26.0 Å². The first-order valence-corrected chi connectivity index (χ1v) is 8.34. The van der Waals surface area contributed by atoms with Crippen LogP contribution in [0.5, 0.6) is 5.88 Å². The van der Waals surface area contributed by atoms with Gasteiger partial charge in [0.25, 0.3) is 12.3 Å². The third kappa shape index (κ3) is 6.34. The highest BCUT2D eigenvalue weighted by Crippen LogP contribution is 2.26. The van der Waals surface area contributed by atoms with Crippen molar-refractivity contribution >= 4 is 11.7 Å². The summed E-state index contributed by atoms with van der Waals surface area (Å²) < 4.78 is 30.2. The molecule has 1 aromatic carbocycles. The predicted octanol–water partition coefficient (Wildman–Crippen LogP) is 1.67. The van der Waals surface area contributed by atoms with Crippen LogP contribution in [0, 0.1) is 11.3 Å². The molecule has 0 saturated carbocycles. The van der Waals surface area contributed by atoms with Gasteiger partial charge in [-0.25, -0.2) is 19.2 Å². The summed E-state index contributed by atoms with van der Waals surface area (Å²) >= 11 is 0. The minimum atomic E-state index is -2.82. The van der Waals surface area contributed by atoms with Gasteiger partial charge in [-0.3, -0.25) is 9.63 Å². The molecule has 0 radical (unpaired) electrons. The quantitative estimate of drug-likeness (QED) is 0.561. The maximum atomic E-state index is 12.6. The van der Waals surface area contributed by atoms with E-state index in [4.69, 9.17) is 20.6 Å². The second-order valence-corrected chi connectivity index (χ2v) is 6.54. The number of hydrogen-bond donors (Lipinski definition) is 3. The fraction of sp³-hybridized carbons (Fsp3) is 0.333. The number of nitrogens with one attached hydrogen (secondary N) is 1. The van der Waals surface area contributed by atoms with Crippen molar-refractivity contribution < 1.29 is 28.3 Å². The smallest absolute Gasteiger partial charge is 0.284 e. The van der Waals surface area contributed by atoms with Gasteiger partial charge in [0.05, 0.1) is 17.2 Å². The molecule has 0 aliphatic carbocycles. The molecule has 0 aliphatic heterocycles. The van der Waals surface area contributed by atoms with Crippen LogP contribution in [0.1, 0.15) is 29.8 Å². The molecule has 9 nitrogen and oxygen atoms in total. The summed E-state index contributed by atoms with van der Waals surface area (Å²) in [6, 6.07) is 8.15. The highest BCUT2D eigenvalue weighted by molar-refractivity contribution is 6.00. The van der Waals surface area contributed by atoms with E-state index in [0.717, 1.165) is 0 Å². The maximum absolute atomic E-state index is 12.6. The Morgan fingerprint density at radius 3 is 2.76 bits per heavy atom. The van der Waals surface area contributed by atoms with Gasteiger partial charge in [0, 0.05) is 5.56 Å². The van der Waals surface area contributed by atoms with E-state index in [9.17, 15) is 18.7 Å². The fourth-order valence-electron chi connectivity index (χ4n) is 2.10. The number of amides is 1. The second-order valence-electron chi connectivity index (χ2n) is 6.54. The molecule has 0 aliphatic rings. The zero-order valence-electron chi connectivity index (χ0n) is 15.6. The van der Waals surface area contributed by atoms with Gasteiger partial charge in [-0.2, -0.15) is 10.2 Å². The Hall–Kier alpha value is -3.36. The predicted molar refractivity (Wildman–Crippen MR) is 97.8 cm³/mol. The Balaban J connectivity index is 2.39. The number of carbonyl (C=O) groups excluding carboxylic acids is 1. The van der Waals surface area contributed by atoms with E-state index < -0.39 is 36.0 Å². The summed E-state index contributed by atoms with van der Waals surface area (Å²) in [4.78, 5) is 25.3. The Bertz CT molecular complexity index is 925. The van der Waals surface area contributed by atoms with Crippen LogP contribution in [0.2, 0.25) is 0 Å². The number of aliphatic hydroxyl groups is 1. The van der Waals surface area contributed by atoms with Gasteiger partial charge >= 0.3 is 0 Å². The van der Waals surface area contributed by atoms with Crippen LogP contribution in [0.4, 0.5) is 14.6 Å². The number of ether oxygens (including phenoxy) is 1. The molecular formula is C18H19F2N5O4. The molecule has 2 rings (SSSR count). The third-order valence-corrected chi connectivity index (χ3v) is 3.32. The lowest BCUT2D eigenvalue weighted by Gasteiger charge is -2.17. The monoisotopic (exact) mass is 407 g/mol. The van der Waals surface area contributed by atoms with Crippen molar-refractivity contribution in [3.63, 3.8) is 0 Å². The Kier molecular flexibility index (Phi) is 6.98. The molecule has 1 heterocycles. The highest BCUT2D eigenvalue weighted by Gasteiger charge is 2.24. The Labute approximate surface area is 165 Å². The fourth-order valence-corrected chi connectivity index (χ4v) is 2.10. The summed E-state index contributed by atoms with van der Waals surface area (Å²) in [7, 11) is 0. The van der Waals surface area contributed by atoms with Crippen molar-refractivity contribution in [3.8, 4) is 23.3 Å². The molecule has 1 aromatic heterocycles. The topological polar surface area (TPSA) is 143 Å². The normalized spacial score (nSPS) is 11.2. The van der Waals surface area contributed by atoms with Crippen molar-refractivity contribution in [1.82, 2.24) is 15.4 Å². The van der Waals surface area contributed by atoms with Crippen LogP contribution in [-0.2, 0) is 4.84 Å². The second kappa shape index (κ2) is 9.22. The van der Waals surface area contributed by atoms with Crippen LogP contribution in [0.25, 0.3) is 11.4 Å². The van der Waals surface area contributed by atoms with E-state index in [0.29, 0.717) is 11.1 Å². The molecular weight excluding hydrogens is 388 g/mol. The number of hydrogen-bond acceptors (Lipinski definition) is 8. The Morgan fingerprint density at radius 2 is 2.14 bits per heavy atom. The van der Waals surface area contributed by atoms with E-state index in [1.165, 1.54) is 19.9 Å². The van der Waals surface area contributed by atoms with Crippen LogP contribution >= 0.6 is 0 Å². The summed E-state index contributed by atoms with van der Waals surface area (Å²) in [5.74, 6) is -1.77. The summed E-state index contributed by atoms with van der Waals surface area (Å²) in [5, 5.41) is 18.6. The average Bonchev–Trinajstić information content (AvgIpc) is 2.64. The number of aromatic nitrogens is 2. The molecule has 0 fully saturated rings. The van der Waals surface area contributed by atoms with Gasteiger partial charge in [0.1, 0.15) is 18.0 Å². The maximum Gasteiger partial charge on any atom is 0.284 e. The molecule has 1 amide bonds. The molecule has 4 N–H and O–H groups in total. The van der Waals surface area contributed by atoms with Gasteiger partial charge in [0.2, 0.25) is 5.88 Å². The third-order valence-electron chi connectivity index (χ3n) is 3.32. The standard InChI is InChI=1S/C18H19F2N5O4/c1-18(2,27)9-29-25-16(26)13-14(22)23-15(24-17(13)28-8-12(19)20)11-5-3-4-10(6-11)7-21/h3-6,12,27H,8-9H2,1-2H3,(H,25,26)(H2,22,23,24). The minimum absolute atomic E-state index is 0.0159. The molecule has 2 aromatic rings. The van der Waals surface area contributed by atoms with Crippen molar-refractivity contribution in [1.29, 1.82) is 5.26 Å². The Morgan fingerprint density at radius 1 is 1.41 bits per heavy atom. The SMILES string of the molecule is CC(C)(O)CONC(=O)c1c(N)nc(-c2cccc(C#N)c2)nc1OCC(F)F. The molecule has 0 unspecified atom stereocenters. The number of rotatable bonds is 8. The van der Waals surface area contributed by atoms with Gasteiger partial charge in [0.15, 0.2) is 12.4 Å². The van der Waals surface area contributed by atoms with E-state index in [1.807, 2.05) is 11.5 Å². The van der Waals surface area contributed by atoms with Crippen molar-refractivity contribution in [2.45, 2.75) is 25.9 Å². The zero-order valence-corrected chi connectivity index (χ0v) is 15.6. The summed E-state index contributed by atoms with van der Waals surface area (Å²) in [6.45, 7) is 1.64. The molecule has 11 heteroatoms. The largest absolute Gasteiger partial charge is 0.471 e. The van der Waals surface area contributed by atoms with Crippen LogP contribution in [0.3, 0.4) is 0 Å². The number of nitrogen functional groups attached to an aromatic ring is 1. The van der Waals surface area contributed by atoms with Crippen LogP contribution in [0.15, 0.2) is 24.3 Å². The molecule has 0 saturated heterocycles. The van der Waals surface area contributed by atoms with Gasteiger partial charge in [-0.1, -0.05) is 12.1 Å². The number of nitriles is 1. The van der Waals surface area contributed by atoms with Crippen molar-refractivity contribution in [2.75, 3.05) is 18.9 Å². The number of carbonyl (C=O) groups is 1. The van der Waals surface area contributed by atoms with Crippen LogP contribution < -0.4 is 16.0 Å². The molecule has 0 atom stereocenters. The molecule has 0 spiro atoms. The number of halogens is 2. The minimum Gasteiger partial charge on any atom is -0.471 e. The van der Waals surface area contributed by atoms with Gasteiger partial charge < -0.3 is 15.6 Å². The lowest BCUT2D eigenvalue weighted by Crippen LogP contribution is -2.34. The first kappa shape index (κ1) is 21.9. The number of nitrogens with two attached hydrogens (primary N) is 1. The van der Waals surface area contributed by atoms with Crippen molar-refractivity contribution in [3.05, 3.63) is 35.4 Å². The number of hydroxylamine groups is 1. The lowest BCUT2D eigenvalue weighted by molar-refractivity contribution is -0.0523. The summed E-state index contributed by atoms with van der Waals surface area (Å²) in [5.41, 5.74) is 6.95. The summed E-state index contributed by atoms with van der Waals surface area (Å²) in [6.07, 6.45) is -2.82. The van der Waals surface area contributed by atoms with E-state index >= 15 is 0 Å². The zero-order chi connectivity index (χ0) is 21.6. The van der Waals surface area contributed by atoms with Crippen LogP contribution in [-0.4, -0.2) is 46.2 Å². The molecule has 0 bridgehead atoms. The lowest BCUT2D eigenvalue weighted by atomic mass is 10.1. The average molecular weight is 407 g/mol. The first-order chi connectivity index (χ1) is 13.6. The molecule has 29 heavy (non-hydrogen) atoms. The first-order valence-electron chi connectivity index (χ1n) is 8.34. The highest BCUT2D eigenvalue weighted by atomic mass is 19.3. The van der Waals surface area contributed by atoms with E-state index in [2.05, 4.69) is 9.97 Å². The van der Waals surface area contributed by atoms with Crippen molar-refractivity contribution in [2.24, 2.45) is 0 Å².